The van der Waals surface area contributed by atoms with Gasteiger partial charge in [-0.25, -0.2) is 4.39 Å². The van der Waals surface area contributed by atoms with Gasteiger partial charge in [0.25, 0.3) is 0 Å². The van der Waals surface area contributed by atoms with Crippen molar-refractivity contribution in [3.05, 3.63) is 0 Å². The Hall–Kier alpha value is -1.57. The normalized spacial score (nSPS) is 11.3. The molecule has 0 aromatic rings. The molecule has 16 heteroatoms. The zero-order valence-electron chi connectivity index (χ0n) is 26.7. The number of alkyl halides is 1. The summed E-state index contributed by atoms with van der Waals surface area (Å²) in [5.41, 5.74) is 0. The summed E-state index contributed by atoms with van der Waals surface area (Å²) in [6.07, 6.45) is 0.470. The van der Waals surface area contributed by atoms with E-state index in [1.54, 1.807) is 0 Å². The summed E-state index contributed by atoms with van der Waals surface area (Å²) in [5.74, 6) is -1.25. The molecule has 0 aliphatic heterocycles. The highest BCUT2D eigenvalue weighted by Gasteiger charge is 2.04. The number of halogens is 1. The Morgan fingerprint density at radius 3 is 0.956 bits per heavy atom. The fraction of sp³-hybridized carbons (Fsp3) is 0.931. The van der Waals surface area contributed by atoms with Crippen LogP contribution in [0.2, 0.25) is 0 Å². The first kappa shape index (κ1) is 43.4. The second-order valence-electron chi connectivity index (χ2n) is 9.02. The summed E-state index contributed by atoms with van der Waals surface area (Å²) in [6.45, 7) is 9.86. The van der Waals surface area contributed by atoms with Gasteiger partial charge in [-0.1, -0.05) is 0 Å². The first-order chi connectivity index (χ1) is 22.2. The molecule has 0 aliphatic rings. The third kappa shape index (κ3) is 40.4. The minimum absolute atomic E-state index is 0.0126. The first-order valence-electron chi connectivity index (χ1n) is 15.6. The summed E-state index contributed by atoms with van der Waals surface area (Å²) in [4.78, 5) is 21.7. The number of ether oxygens (including phenoxy) is 11. The molecule has 0 aromatic heterocycles. The quantitative estimate of drug-likeness (QED) is 0.0875. The number of amides is 1. The van der Waals surface area contributed by atoms with Gasteiger partial charge in [-0.15, -0.1) is 0 Å². The third-order valence-electron chi connectivity index (χ3n) is 5.30. The van der Waals surface area contributed by atoms with E-state index in [-0.39, 0.29) is 25.4 Å². The lowest BCUT2D eigenvalue weighted by Gasteiger charge is -2.09. The van der Waals surface area contributed by atoms with Gasteiger partial charge in [0.05, 0.1) is 145 Å². The van der Waals surface area contributed by atoms with Crippen LogP contribution >= 0.6 is 0 Å². The number of hydrogen-bond acceptors (Lipinski definition) is 13. The van der Waals surface area contributed by atoms with Crippen molar-refractivity contribution in [2.24, 2.45) is 0 Å². The van der Waals surface area contributed by atoms with Crippen LogP contribution in [0.3, 0.4) is 0 Å². The van der Waals surface area contributed by atoms with Crippen LogP contribution in [0.5, 0.6) is 0 Å². The van der Waals surface area contributed by atoms with E-state index in [9.17, 15) is 14.0 Å². The van der Waals surface area contributed by atoms with Gasteiger partial charge in [-0.2, -0.15) is 0 Å². The highest BCUT2D eigenvalue weighted by molar-refractivity contribution is 5.80. The Morgan fingerprint density at radius 1 is 0.422 bits per heavy atom. The maximum atomic E-state index is 11.8. The number of hydrogen-bond donors (Lipinski definition) is 2. The molecular weight excluding hydrogens is 605 g/mol. The Balaban J connectivity index is 3.08. The zero-order valence-corrected chi connectivity index (χ0v) is 26.7. The van der Waals surface area contributed by atoms with E-state index in [1.165, 1.54) is 0 Å². The number of carboxylic acids is 1. The molecule has 0 saturated heterocycles. The zero-order chi connectivity index (χ0) is 32.7. The molecule has 0 atom stereocenters. The van der Waals surface area contributed by atoms with Gasteiger partial charge < -0.3 is 62.5 Å². The predicted molar refractivity (Wildman–Crippen MR) is 159 cm³/mol. The van der Waals surface area contributed by atoms with Gasteiger partial charge in [0.1, 0.15) is 6.67 Å². The van der Waals surface area contributed by atoms with Crippen LogP contribution in [0.1, 0.15) is 19.3 Å². The Morgan fingerprint density at radius 2 is 0.689 bits per heavy atom. The smallest absolute Gasteiger partial charge is 0.303 e. The number of aliphatic carboxylic acids is 1. The molecule has 15 nitrogen and oxygen atoms in total. The second kappa shape index (κ2) is 38.6. The largest absolute Gasteiger partial charge is 0.481 e. The molecule has 1 amide bonds. The number of carbonyl (C=O) groups excluding carboxylic acids is 1. The number of rotatable bonds is 39. The molecule has 0 heterocycles. The highest BCUT2D eigenvalue weighted by atomic mass is 19.1. The topological polar surface area (TPSA) is 168 Å². The molecule has 2 N–H and O–H groups in total. The van der Waals surface area contributed by atoms with Gasteiger partial charge in [-0.05, 0) is 6.42 Å². The van der Waals surface area contributed by atoms with Gasteiger partial charge >= 0.3 is 5.97 Å². The average molecular weight is 662 g/mol. The van der Waals surface area contributed by atoms with E-state index in [2.05, 4.69) is 5.32 Å². The van der Waals surface area contributed by atoms with Crippen molar-refractivity contribution in [1.82, 2.24) is 5.32 Å². The first-order valence-corrected chi connectivity index (χ1v) is 15.6. The summed E-state index contributed by atoms with van der Waals surface area (Å²) >= 11 is 0. The molecule has 0 radical (unpaired) electrons. The monoisotopic (exact) mass is 661 g/mol. The van der Waals surface area contributed by atoms with E-state index >= 15 is 0 Å². The lowest BCUT2D eigenvalue weighted by atomic mass is 10.3. The molecule has 0 bridgehead atoms. The fourth-order valence-corrected chi connectivity index (χ4v) is 3.07. The maximum Gasteiger partial charge on any atom is 0.303 e. The third-order valence-corrected chi connectivity index (χ3v) is 5.30. The maximum absolute atomic E-state index is 11.8. The lowest BCUT2D eigenvalue weighted by molar-refractivity contribution is -0.138. The van der Waals surface area contributed by atoms with Crippen LogP contribution in [-0.4, -0.2) is 176 Å². The Labute approximate surface area is 266 Å². The predicted octanol–water partition coefficient (Wildman–Crippen LogP) is 0.510. The van der Waals surface area contributed by atoms with Crippen molar-refractivity contribution >= 4 is 11.9 Å². The van der Waals surface area contributed by atoms with Crippen molar-refractivity contribution in [2.45, 2.75) is 19.3 Å². The van der Waals surface area contributed by atoms with E-state index in [1.807, 2.05) is 0 Å². The van der Waals surface area contributed by atoms with Crippen molar-refractivity contribution < 1.29 is 71.2 Å². The van der Waals surface area contributed by atoms with E-state index in [4.69, 9.17) is 57.2 Å². The molecule has 0 spiro atoms. The molecule has 0 aromatic carbocycles. The minimum atomic E-state index is -0.985. The molecule has 268 valence electrons. The molecule has 45 heavy (non-hydrogen) atoms. The molecular formula is C29H56FNO14. The molecule has 0 aliphatic carbocycles. The summed E-state index contributed by atoms with van der Waals surface area (Å²) < 4.78 is 70.9. The standard InChI is InChI=1S/C29H56FNO14/c30-4-7-36-9-11-38-13-15-40-17-19-42-21-23-44-25-27-45-26-24-43-22-20-41-18-16-39-14-12-37-10-8-35-6-1-5-31-28(32)2-3-29(33)34/h1-27H2,(H,31,32)(H,33,34). The fourth-order valence-electron chi connectivity index (χ4n) is 3.07. The Kier molecular flexibility index (Phi) is 37.3. The van der Waals surface area contributed by atoms with Gasteiger partial charge in [0.2, 0.25) is 5.91 Å². The lowest BCUT2D eigenvalue weighted by Crippen LogP contribution is -2.25. The molecule has 0 saturated carbocycles. The summed E-state index contributed by atoms with van der Waals surface area (Å²) in [6, 6.07) is 0. The van der Waals surface area contributed by atoms with Crippen molar-refractivity contribution in [3.8, 4) is 0 Å². The van der Waals surface area contributed by atoms with Crippen molar-refractivity contribution in [1.29, 1.82) is 0 Å². The van der Waals surface area contributed by atoms with E-state index in [0.29, 0.717) is 152 Å². The van der Waals surface area contributed by atoms with Crippen LogP contribution in [0, 0.1) is 0 Å². The van der Waals surface area contributed by atoms with Gasteiger partial charge in [-0.3, -0.25) is 9.59 Å². The molecule has 0 fully saturated rings. The van der Waals surface area contributed by atoms with E-state index in [0.717, 1.165) is 0 Å². The molecule has 0 rings (SSSR count). The second-order valence-corrected chi connectivity index (χ2v) is 9.02. The van der Waals surface area contributed by atoms with Crippen LogP contribution in [0.4, 0.5) is 4.39 Å². The van der Waals surface area contributed by atoms with Crippen LogP contribution < -0.4 is 5.32 Å². The Bertz CT molecular complexity index is 624. The van der Waals surface area contributed by atoms with E-state index < -0.39 is 12.6 Å². The number of carbonyl (C=O) groups is 2. The van der Waals surface area contributed by atoms with Crippen LogP contribution in [0.25, 0.3) is 0 Å². The van der Waals surface area contributed by atoms with Gasteiger partial charge in [0.15, 0.2) is 0 Å². The highest BCUT2D eigenvalue weighted by Crippen LogP contribution is 1.90. The van der Waals surface area contributed by atoms with Gasteiger partial charge in [0, 0.05) is 19.6 Å². The van der Waals surface area contributed by atoms with Crippen molar-refractivity contribution in [3.63, 3.8) is 0 Å². The summed E-state index contributed by atoms with van der Waals surface area (Å²) in [7, 11) is 0. The average Bonchev–Trinajstić information content (AvgIpc) is 3.03. The van der Waals surface area contributed by atoms with Crippen molar-refractivity contribution in [2.75, 3.05) is 159 Å². The van der Waals surface area contributed by atoms with Crippen LogP contribution in [0.15, 0.2) is 0 Å². The minimum Gasteiger partial charge on any atom is -0.481 e. The van der Waals surface area contributed by atoms with Crippen LogP contribution in [-0.2, 0) is 61.7 Å². The molecule has 0 unspecified atom stereocenters. The number of carboxylic acid groups (broad SMARTS) is 1. The summed E-state index contributed by atoms with van der Waals surface area (Å²) in [5, 5.41) is 11.2. The number of nitrogens with one attached hydrogen (secondary N) is 1. The SMILES string of the molecule is O=C(O)CCC(=O)NCCCOCCOCCOCCOCCOCCOCCOCCOCCOCCOCCOCCF.